The number of hydrogen-bond donors (Lipinski definition) is 1. The van der Waals surface area contributed by atoms with E-state index in [1.807, 2.05) is 36.4 Å². The first-order valence-corrected chi connectivity index (χ1v) is 11.8. The number of hydrogen-bond acceptors (Lipinski definition) is 8. The SMILES string of the molecule is Cc1ccc(N2C(=O)C(O)=C(C(=O)c3ccc(C(C)C)cc3)C2c2ccc(Cn3cnnn3)cc2)nn1. The van der Waals surface area contributed by atoms with Crippen LogP contribution in [0.25, 0.3) is 0 Å². The van der Waals surface area contributed by atoms with E-state index in [0.29, 0.717) is 29.3 Å². The Hall–Kier alpha value is -4.73. The zero-order valence-corrected chi connectivity index (χ0v) is 20.6. The van der Waals surface area contributed by atoms with Gasteiger partial charge in [0.25, 0.3) is 5.91 Å². The van der Waals surface area contributed by atoms with Crippen molar-refractivity contribution in [2.24, 2.45) is 0 Å². The summed E-state index contributed by atoms with van der Waals surface area (Å²) in [5, 5.41) is 30.4. The second-order valence-corrected chi connectivity index (χ2v) is 9.23. The number of aromatic nitrogens is 6. The summed E-state index contributed by atoms with van der Waals surface area (Å²) < 4.78 is 1.59. The van der Waals surface area contributed by atoms with Gasteiger partial charge in [-0.25, -0.2) is 4.68 Å². The van der Waals surface area contributed by atoms with Crippen LogP contribution in [-0.4, -0.2) is 47.2 Å². The molecule has 0 saturated heterocycles. The third-order valence-corrected chi connectivity index (χ3v) is 6.35. The standard InChI is InChI=1S/C27H25N7O3/c1-16(2)19-9-11-21(12-10-19)25(35)23-24(20-7-5-18(6-8-20)14-33-15-28-31-32-33)34(27(37)26(23)36)22-13-4-17(3)29-30-22/h4-13,15-16,24,36H,14H2,1-3H3. The number of tetrazole rings is 1. The van der Waals surface area contributed by atoms with E-state index >= 15 is 0 Å². The van der Waals surface area contributed by atoms with Gasteiger partial charge in [-0.15, -0.1) is 10.2 Å². The van der Waals surface area contributed by atoms with E-state index in [1.54, 1.807) is 35.9 Å². The molecule has 0 radical (unpaired) electrons. The second kappa shape index (κ2) is 9.73. The topological polar surface area (TPSA) is 127 Å². The predicted octanol–water partition coefficient (Wildman–Crippen LogP) is 3.73. The Morgan fingerprint density at radius 1 is 1.00 bits per heavy atom. The lowest BCUT2D eigenvalue weighted by Gasteiger charge is -2.26. The fourth-order valence-electron chi connectivity index (χ4n) is 4.33. The highest BCUT2D eigenvalue weighted by Crippen LogP contribution is 2.41. The van der Waals surface area contributed by atoms with E-state index in [1.165, 1.54) is 11.2 Å². The summed E-state index contributed by atoms with van der Waals surface area (Å²) in [4.78, 5) is 28.3. The van der Waals surface area contributed by atoms with Crippen molar-refractivity contribution in [3.63, 3.8) is 0 Å². The average molecular weight is 496 g/mol. The van der Waals surface area contributed by atoms with E-state index in [0.717, 1.165) is 11.1 Å². The summed E-state index contributed by atoms with van der Waals surface area (Å²) in [6, 6.07) is 17.1. The Balaban J connectivity index is 1.56. The first-order valence-electron chi connectivity index (χ1n) is 11.8. The predicted molar refractivity (Wildman–Crippen MR) is 135 cm³/mol. The average Bonchev–Trinajstić information content (AvgIpc) is 3.51. The molecule has 10 heteroatoms. The van der Waals surface area contributed by atoms with Crippen LogP contribution in [0.5, 0.6) is 0 Å². The molecule has 2 aromatic carbocycles. The molecule has 37 heavy (non-hydrogen) atoms. The van der Waals surface area contributed by atoms with Gasteiger partial charge in [-0.05, 0) is 52.1 Å². The molecule has 186 valence electrons. The third-order valence-electron chi connectivity index (χ3n) is 6.35. The number of carbonyl (C=O) groups excluding carboxylic acids is 2. The number of aryl methyl sites for hydroxylation is 1. The highest BCUT2D eigenvalue weighted by atomic mass is 16.3. The summed E-state index contributed by atoms with van der Waals surface area (Å²) in [5.41, 5.74) is 3.71. The molecule has 1 N–H and O–H groups in total. The van der Waals surface area contributed by atoms with Crippen molar-refractivity contribution < 1.29 is 14.7 Å². The van der Waals surface area contributed by atoms with E-state index in [2.05, 4.69) is 39.6 Å². The van der Waals surface area contributed by atoms with Gasteiger partial charge >= 0.3 is 0 Å². The Morgan fingerprint density at radius 3 is 2.32 bits per heavy atom. The number of anilines is 1. The highest BCUT2D eigenvalue weighted by molar-refractivity contribution is 6.20. The van der Waals surface area contributed by atoms with Crippen LogP contribution in [0.3, 0.4) is 0 Å². The number of nitrogens with zero attached hydrogens (tertiary/aromatic N) is 7. The first-order chi connectivity index (χ1) is 17.8. The van der Waals surface area contributed by atoms with Crippen molar-refractivity contribution in [1.82, 2.24) is 30.4 Å². The molecule has 10 nitrogen and oxygen atoms in total. The Bertz CT molecular complexity index is 1460. The van der Waals surface area contributed by atoms with E-state index in [-0.39, 0.29) is 11.4 Å². The van der Waals surface area contributed by atoms with E-state index in [9.17, 15) is 14.7 Å². The van der Waals surface area contributed by atoms with Crippen LogP contribution in [0.4, 0.5) is 5.82 Å². The summed E-state index contributed by atoms with van der Waals surface area (Å²) >= 11 is 0. The smallest absolute Gasteiger partial charge is 0.295 e. The molecule has 1 aliphatic rings. The minimum absolute atomic E-state index is 0.00195. The minimum atomic E-state index is -0.885. The number of aliphatic hydroxyl groups is 1. The summed E-state index contributed by atoms with van der Waals surface area (Å²) in [5.74, 6) is -1.18. The lowest BCUT2D eigenvalue weighted by Crippen LogP contribution is -2.32. The molecule has 1 amide bonds. The zero-order chi connectivity index (χ0) is 26.1. The number of ketones is 1. The normalized spacial score (nSPS) is 15.6. The van der Waals surface area contributed by atoms with Crippen molar-refractivity contribution in [3.8, 4) is 0 Å². The number of aliphatic hydroxyl groups excluding tert-OH is 1. The van der Waals surface area contributed by atoms with Crippen LogP contribution in [0.1, 0.15) is 58.5 Å². The van der Waals surface area contributed by atoms with Crippen LogP contribution >= 0.6 is 0 Å². The Labute approximate surface area is 213 Å². The van der Waals surface area contributed by atoms with E-state index < -0.39 is 23.5 Å². The van der Waals surface area contributed by atoms with Gasteiger partial charge < -0.3 is 5.11 Å². The van der Waals surface area contributed by atoms with Crippen LogP contribution in [0.15, 0.2) is 78.3 Å². The molecule has 0 bridgehead atoms. The van der Waals surface area contributed by atoms with Crippen LogP contribution in [-0.2, 0) is 11.3 Å². The Morgan fingerprint density at radius 2 is 1.73 bits per heavy atom. The van der Waals surface area contributed by atoms with Gasteiger partial charge in [0.2, 0.25) is 0 Å². The molecule has 1 unspecified atom stereocenters. The maximum Gasteiger partial charge on any atom is 0.295 e. The van der Waals surface area contributed by atoms with Crippen LogP contribution in [0, 0.1) is 6.92 Å². The molecule has 2 aromatic heterocycles. The molecule has 4 aromatic rings. The number of benzene rings is 2. The van der Waals surface area contributed by atoms with Gasteiger partial charge in [0, 0.05) is 5.56 Å². The fraction of sp³-hybridized carbons (Fsp3) is 0.222. The van der Waals surface area contributed by atoms with Crippen LogP contribution < -0.4 is 4.90 Å². The number of carbonyl (C=O) groups is 2. The van der Waals surface area contributed by atoms with Crippen molar-refractivity contribution in [1.29, 1.82) is 0 Å². The minimum Gasteiger partial charge on any atom is -0.503 e. The summed E-state index contributed by atoms with van der Waals surface area (Å²) in [6.07, 6.45) is 1.52. The lowest BCUT2D eigenvalue weighted by molar-refractivity contribution is -0.117. The molecule has 1 atom stereocenters. The van der Waals surface area contributed by atoms with Crippen LogP contribution in [0.2, 0.25) is 0 Å². The molecule has 3 heterocycles. The summed E-state index contributed by atoms with van der Waals surface area (Å²) in [6.45, 7) is 6.38. The van der Waals surface area contributed by atoms with Crippen molar-refractivity contribution in [2.75, 3.05) is 4.90 Å². The fourth-order valence-corrected chi connectivity index (χ4v) is 4.33. The van der Waals surface area contributed by atoms with Gasteiger partial charge in [0.15, 0.2) is 17.4 Å². The highest BCUT2D eigenvalue weighted by Gasteiger charge is 2.45. The molecular weight excluding hydrogens is 470 g/mol. The number of Topliss-reactive ketones (excluding diaryl/α,β-unsaturated/α-hetero) is 1. The molecule has 0 aliphatic carbocycles. The third kappa shape index (κ3) is 4.61. The number of rotatable bonds is 7. The molecule has 0 saturated carbocycles. The monoisotopic (exact) mass is 495 g/mol. The molecule has 0 fully saturated rings. The van der Waals surface area contributed by atoms with Gasteiger partial charge in [-0.1, -0.05) is 62.4 Å². The largest absolute Gasteiger partial charge is 0.503 e. The zero-order valence-electron chi connectivity index (χ0n) is 20.6. The van der Waals surface area contributed by atoms with Crippen molar-refractivity contribution in [3.05, 3.63) is 106 Å². The molecular formula is C27H25N7O3. The molecule has 0 spiro atoms. The van der Waals surface area contributed by atoms with Gasteiger partial charge in [-0.2, -0.15) is 5.10 Å². The van der Waals surface area contributed by atoms with Gasteiger partial charge in [0.05, 0.1) is 23.9 Å². The molecule has 1 aliphatic heterocycles. The van der Waals surface area contributed by atoms with E-state index in [4.69, 9.17) is 0 Å². The number of amides is 1. The quantitative estimate of drug-likeness (QED) is 0.384. The molecule has 5 rings (SSSR count). The van der Waals surface area contributed by atoms with Crippen molar-refractivity contribution in [2.45, 2.75) is 39.3 Å². The maximum absolute atomic E-state index is 13.7. The Kier molecular flexibility index (Phi) is 6.31. The first kappa shape index (κ1) is 24.0. The van der Waals surface area contributed by atoms with Crippen molar-refractivity contribution >= 4 is 17.5 Å². The van der Waals surface area contributed by atoms with Gasteiger partial charge in [0.1, 0.15) is 6.33 Å². The van der Waals surface area contributed by atoms with Gasteiger partial charge in [-0.3, -0.25) is 14.5 Å². The second-order valence-electron chi connectivity index (χ2n) is 9.23. The summed E-state index contributed by atoms with van der Waals surface area (Å²) in [7, 11) is 0. The maximum atomic E-state index is 13.7. The lowest BCUT2D eigenvalue weighted by atomic mass is 9.91.